The predicted molar refractivity (Wildman–Crippen MR) is 98.6 cm³/mol. The van der Waals surface area contributed by atoms with Crippen LogP contribution in [0, 0.1) is 10.1 Å². The molecule has 0 radical (unpaired) electrons. The van der Waals surface area contributed by atoms with Crippen molar-refractivity contribution in [2.75, 3.05) is 13.7 Å². The van der Waals surface area contributed by atoms with Gasteiger partial charge >= 0.3 is 0 Å². The van der Waals surface area contributed by atoms with E-state index in [2.05, 4.69) is 5.10 Å². The molecule has 0 N–H and O–H groups in total. The maximum atomic E-state index is 12.2. The Bertz CT molecular complexity index is 922. The van der Waals surface area contributed by atoms with Gasteiger partial charge in [-0.2, -0.15) is 5.10 Å². The van der Waals surface area contributed by atoms with Crippen LogP contribution in [0.1, 0.15) is 5.56 Å². The lowest BCUT2D eigenvalue weighted by molar-refractivity contribution is -0.384. The molecule has 1 amide bonds. The van der Waals surface area contributed by atoms with E-state index < -0.39 is 4.92 Å². The summed E-state index contributed by atoms with van der Waals surface area (Å²) in [5.41, 5.74) is 1.81. The van der Waals surface area contributed by atoms with Crippen molar-refractivity contribution >= 4 is 11.6 Å². The highest BCUT2D eigenvalue weighted by atomic mass is 16.6. The summed E-state index contributed by atoms with van der Waals surface area (Å²) in [5, 5.41) is 14.9. The molecule has 0 fully saturated rings. The number of amides is 1. The number of non-ortho nitro benzene ring substituents is 1. The average molecular weight is 366 g/mol. The highest BCUT2D eigenvalue weighted by Gasteiger charge is 2.12. The normalized spacial score (nSPS) is 10.4. The zero-order valence-electron chi connectivity index (χ0n) is 14.7. The van der Waals surface area contributed by atoms with Crippen molar-refractivity contribution < 1.29 is 14.5 Å². The summed E-state index contributed by atoms with van der Waals surface area (Å²) in [4.78, 5) is 23.9. The molecule has 2 aromatic carbocycles. The molecule has 0 bridgehead atoms. The number of nitro benzene ring substituents is 1. The smallest absolute Gasteiger partial charge is 0.269 e. The second-order valence-electron chi connectivity index (χ2n) is 5.92. The van der Waals surface area contributed by atoms with Crippen LogP contribution in [0.15, 0.2) is 67.0 Å². The number of carbonyl (C=O) groups excluding carboxylic acids is 1. The van der Waals surface area contributed by atoms with Gasteiger partial charge in [0.2, 0.25) is 0 Å². The van der Waals surface area contributed by atoms with Crippen molar-refractivity contribution in [3.8, 4) is 11.4 Å². The number of carbonyl (C=O) groups is 1. The van der Waals surface area contributed by atoms with Crippen molar-refractivity contribution in [3.63, 3.8) is 0 Å². The summed E-state index contributed by atoms with van der Waals surface area (Å²) in [7, 11) is 1.68. The Labute approximate surface area is 155 Å². The SMILES string of the molecule is CN(Cc1cnn(-c2ccccc2)c1)C(=O)COc1ccc([N+](=O)[O-])cc1. The van der Waals surface area contributed by atoms with E-state index in [0.29, 0.717) is 12.3 Å². The lowest BCUT2D eigenvalue weighted by Crippen LogP contribution is -2.30. The Hall–Kier alpha value is -3.68. The van der Waals surface area contributed by atoms with Gasteiger partial charge in [-0.3, -0.25) is 14.9 Å². The Morgan fingerprint density at radius 3 is 2.56 bits per heavy atom. The maximum Gasteiger partial charge on any atom is 0.269 e. The molecule has 1 aromatic heterocycles. The van der Waals surface area contributed by atoms with E-state index in [9.17, 15) is 14.9 Å². The molecule has 1 heterocycles. The summed E-state index contributed by atoms with van der Waals surface area (Å²) >= 11 is 0. The Morgan fingerprint density at radius 1 is 1.19 bits per heavy atom. The molecule has 0 saturated carbocycles. The van der Waals surface area contributed by atoms with E-state index in [0.717, 1.165) is 11.3 Å². The Kier molecular flexibility index (Phi) is 5.46. The first-order valence-electron chi connectivity index (χ1n) is 8.23. The van der Waals surface area contributed by atoms with E-state index in [-0.39, 0.29) is 18.2 Å². The number of para-hydroxylation sites is 1. The first-order valence-corrected chi connectivity index (χ1v) is 8.23. The molecule has 0 atom stereocenters. The van der Waals surface area contributed by atoms with Crippen LogP contribution >= 0.6 is 0 Å². The van der Waals surface area contributed by atoms with Gasteiger partial charge < -0.3 is 9.64 Å². The number of nitro groups is 1. The van der Waals surface area contributed by atoms with Gasteiger partial charge in [-0.1, -0.05) is 18.2 Å². The lowest BCUT2D eigenvalue weighted by atomic mass is 10.3. The Morgan fingerprint density at radius 2 is 1.89 bits per heavy atom. The number of hydrogen-bond donors (Lipinski definition) is 0. The van der Waals surface area contributed by atoms with Gasteiger partial charge in [0, 0.05) is 37.5 Å². The average Bonchev–Trinajstić information content (AvgIpc) is 3.15. The van der Waals surface area contributed by atoms with Gasteiger partial charge in [-0.25, -0.2) is 4.68 Å². The van der Waals surface area contributed by atoms with Gasteiger partial charge in [-0.15, -0.1) is 0 Å². The number of ether oxygens (including phenoxy) is 1. The van der Waals surface area contributed by atoms with Crippen molar-refractivity contribution in [1.82, 2.24) is 14.7 Å². The molecule has 0 aliphatic rings. The van der Waals surface area contributed by atoms with Crippen LogP contribution in [0.3, 0.4) is 0 Å². The largest absolute Gasteiger partial charge is 0.484 e. The zero-order valence-corrected chi connectivity index (χ0v) is 14.7. The topological polar surface area (TPSA) is 90.5 Å². The molecular weight excluding hydrogens is 348 g/mol. The first-order chi connectivity index (χ1) is 13.0. The zero-order chi connectivity index (χ0) is 19.2. The fraction of sp³-hybridized carbons (Fsp3) is 0.158. The number of hydrogen-bond acceptors (Lipinski definition) is 5. The molecule has 3 aromatic rings. The van der Waals surface area contributed by atoms with Crippen molar-refractivity contribution in [2.45, 2.75) is 6.54 Å². The van der Waals surface area contributed by atoms with E-state index in [4.69, 9.17) is 4.74 Å². The molecule has 8 nitrogen and oxygen atoms in total. The molecule has 0 saturated heterocycles. The van der Waals surface area contributed by atoms with Crippen molar-refractivity contribution in [1.29, 1.82) is 0 Å². The number of aromatic nitrogens is 2. The number of rotatable bonds is 7. The summed E-state index contributed by atoms with van der Waals surface area (Å²) < 4.78 is 7.15. The van der Waals surface area contributed by atoms with E-state index in [1.165, 1.54) is 29.2 Å². The van der Waals surface area contributed by atoms with Crippen LogP contribution in [0.4, 0.5) is 5.69 Å². The van der Waals surface area contributed by atoms with Crippen LogP contribution < -0.4 is 4.74 Å². The number of benzene rings is 2. The second-order valence-corrected chi connectivity index (χ2v) is 5.92. The maximum absolute atomic E-state index is 12.2. The third-order valence-electron chi connectivity index (χ3n) is 3.91. The minimum absolute atomic E-state index is 0.0266. The highest BCUT2D eigenvalue weighted by Crippen LogP contribution is 2.17. The van der Waals surface area contributed by atoms with Crippen LogP contribution in [-0.4, -0.2) is 39.2 Å². The minimum Gasteiger partial charge on any atom is -0.484 e. The molecule has 27 heavy (non-hydrogen) atoms. The molecular formula is C19H18N4O4. The van der Waals surface area contributed by atoms with E-state index in [1.54, 1.807) is 17.9 Å². The summed E-state index contributed by atoms with van der Waals surface area (Å²) in [6.07, 6.45) is 3.59. The van der Waals surface area contributed by atoms with Crippen LogP contribution in [-0.2, 0) is 11.3 Å². The van der Waals surface area contributed by atoms with Gasteiger partial charge in [0.05, 0.1) is 16.8 Å². The van der Waals surface area contributed by atoms with Gasteiger partial charge in [0.1, 0.15) is 5.75 Å². The van der Waals surface area contributed by atoms with Crippen molar-refractivity contribution in [3.05, 3.63) is 82.7 Å². The molecule has 8 heteroatoms. The Balaban J connectivity index is 1.53. The summed E-state index contributed by atoms with van der Waals surface area (Å²) in [5.74, 6) is 0.195. The molecule has 138 valence electrons. The van der Waals surface area contributed by atoms with Crippen LogP contribution in [0.25, 0.3) is 5.69 Å². The fourth-order valence-electron chi connectivity index (χ4n) is 2.45. The molecule has 3 rings (SSSR count). The van der Waals surface area contributed by atoms with Gasteiger partial charge in [-0.05, 0) is 24.3 Å². The third kappa shape index (κ3) is 4.69. The first kappa shape index (κ1) is 18.1. The predicted octanol–water partition coefficient (Wildman–Crippen LogP) is 2.82. The monoisotopic (exact) mass is 366 g/mol. The third-order valence-corrected chi connectivity index (χ3v) is 3.91. The number of nitrogens with zero attached hydrogens (tertiary/aromatic N) is 4. The standard InChI is InChI=1S/C19H18N4O4/c1-21(12-15-11-20-22(13-15)16-5-3-2-4-6-16)19(24)14-27-18-9-7-17(8-10-18)23(25)26/h2-11,13H,12,14H2,1H3. The number of likely N-dealkylation sites (N-methyl/N-ethyl adjacent to an activating group) is 1. The summed E-state index contributed by atoms with van der Waals surface area (Å²) in [6, 6.07) is 15.3. The lowest BCUT2D eigenvalue weighted by Gasteiger charge is -2.16. The molecule has 0 aliphatic carbocycles. The second kappa shape index (κ2) is 8.13. The molecule has 0 spiro atoms. The van der Waals surface area contributed by atoms with Gasteiger partial charge in [0.15, 0.2) is 6.61 Å². The minimum atomic E-state index is -0.488. The van der Waals surface area contributed by atoms with E-state index >= 15 is 0 Å². The summed E-state index contributed by atoms with van der Waals surface area (Å²) in [6.45, 7) is 0.246. The van der Waals surface area contributed by atoms with Crippen molar-refractivity contribution in [2.24, 2.45) is 0 Å². The molecule has 0 unspecified atom stereocenters. The van der Waals surface area contributed by atoms with Crippen LogP contribution in [0.2, 0.25) is 0 Å². The van der Waals surface area contributed by atoms with Crippen LogP contribution in [0.5, 0.6) is 5.75 Å². The molecule has 0 aliphatic heterocycles. The van der Waals surface area contributed by atoms with Gasteiger partial charge in [0.25, 0.3) is 11.6 Å². The highest BCUT2D eigenvalue weighted by molar-refractivity contribution is 5.77. The fourth-order valence-corrected chi connectivity index (χ4v) is 2.45. The quantitative estimate of drug-likeness (QED) is 0.474. The van der Waals surface area contributed by atoms with E-state index in [1.807, 2.05) is 36.5 Å².